The van der Waals surface area contributed by atoms with Gasteiger partial charge in [0.1, 0.15) is 0 Å². The fourth-order valence-electron chi connectivity index (χ4n) is 1.72. The summed E-state index contributed by atoms with van der Waals surface area (Å²) >= 11 is 3.29. The van der Waals surface area contributed by atoms with Gasteiger partial charge in [0.05, 0.1) is 12.7 Å². The molecule has 1 aromatic carbocycles. The summed E-state index contributed by atoms with van der Waals surface area (Å²) in [5.74, 6) is -1.27. The van der Waals surface area contributed by atoms with Gasteiger partial charge in [-0.3, -0.25) is 14.4 Å². The van der Waals surface area contributed by atoms with Crippen LogP contribution in [0.1, 0.15) is 17.0 Å². The van der Waals surface area contributed by atoms with E-state index in [4.69, 9.17) is 9.15 Å². The lowest BCUT2D eigenvalue weighted by atomic mass is 10.3. The Hall–Kier alpha value is -2.61. The van der Waals surface area contributed by atoms with Crippen LogP contribution in [0.5, 0.6) is 0 Å². The van der Waals surface area contributed by atoms with E-state index in [1.807, 2.05) is 0 Å². The zero-order valence-electron chi connectivity index (χ0n) is 12.6. The lowest BCUT2D eigenvalue weighted by Crippen LogP contribution is -2.27. The quantitative estimate of drug-likeness (QED) is 0.702. The van der Waals surface area contributed by atoms with E-state index in [0.717, 1.165) is 4.47 Å². The number of amides is 2. The Balaban J connectivity index is 1.63. The van der Waals surface area contributed by atoms with Crippen molar-refractivity contribution < 1.29 is 23.5 Å². The van der Waals surface area contributed by atoms with Gasteiger partial charge in [-0.15, -0.1) is 0 Å². The van der Waals surface area contributed by atoms with Crippen molar-refractivity contribution in [1.29, 1.82) is 0 Å². The highest BCUT2D eigenvalue weighted by molar-refractivity contribution is 9.10. The minimum absolute atomic E-state index is 0.0436. The van der Waals surface area contributed by atoms with E-state index in [1.54, 1.807) is 30.3 Å². The summed E-state index contributed by atoms with van der Waals surface area (Å²) in [5, 5.41) is 5.11. The largest absolute Gasteiger partial charge is 0.459 e. The molecule has 1 heterocycles. The Bertz CT molecular complexity index is 698. The van der Waals surface area contributed by atoms with Crippen LogP contribution in [-0.4, -0.2) is 30.9 Å². The summed E-state index contributed by atoms with van der Waals surface area (Å²) in [6.07, 6.45) is 1.34. The van der Waals surface area contributed by atoms with Gasteiger partial charge in [-0.1, -0.05) is 15.9 Å². The zero-order chi connectivity index (χ0) is 17.4. The van der Waals surface area contributed by atoms with Crippen LogP contribution in [0, 0.1) is 0 Å². The van der Waals surface area contributed by atoms with Gasteiger partial charge in [0, 0.05) is 16.7 Å². The first-order valence-corrected chi connectivity index (χ1v) is 7.86. The highest BCUT2D eigenvalue weighted by Gasteiger charge is 2.11. The molecule has 0 atom stereocenters. The minimum Gasteiger partial charge on any atom is -0.459 e. The first kappa shape index (κ1) is 17.7. The summed E-state index contributed by atoms with van der Waals surface area (Å²) in [7, 11) is 0. The van der Waals surface area contributed by atoms with Gasteiger partial charge in [0.25, 0.3) is 11.8 Å². The third-order valence-corrected chi connectivity index (χ3v) is 3.38. The molecule has 0 spiro atoms. The molecule has 0 fully saturated rings. The second-order valence-corrected chi connectivity index (χ2v) is 5.61. The molecule has 0 unspecified atom stereocenters. The van der Waals surface area contributed by atoms with E-state index in [0.29, 0.717) is 5.69 Å². The summed E-state index contributed by atoms with van der Waals surface area (Å²) in [5.41, 5.74) is 0.602. The minimum atomic E-state index is -0.583. The maximum Gasteiger partial charge on any atom is 0.308 e. The molecule has 2 rings (SSSR count). The van der Waals surface area contributed by atoms with Crippen molar-refractivity contribution >= 4 is 39.4 Å². The molecule has 2 aromatic rings. The lowest BCUT2D eigenvalue weighted by molar-refractivity contribution is -0.147. The van der Waals surface area contributed by atoms with Crippen molar-refractivity contribution in [3.8, 4) is 0 Å². The number of hydrogen-bond acceptors (Lipinski definition) is 5. The highest BCUT2D eigenvalue weighted by atomic mass is 79.9. The molecule has 0 aliphatic rings. The predicted octanol–water partition coefficient (Wildman–Crippen LogP) is 2.34. The molecule has 126 valence electrons. The Morgan fingerprint density at radius 2 is 1.88 bits per heavy atom. The van der Waals surface area contributed by atoms with Gasteiger partial charge < -0.3 is 19.8 Å². The molecule has 7 nitrogen and oxygen atoms in total. The van der Waals surface area contributed by atoms with Crippen molar-refractivity contribution in [1.82, 2.24) is 5.32 Å². The predicted molar refractivity (Wildman–Crippen MR) is 89.4 cm³/mol. The molecule has 0 radical (unpaired) electrons. The number of benzene rings is 1. The monoisotopic (exact) mass is 394 g/mol. The maximum atomic E-state index is 11.7. The molecule has 2 amide bonds. The number of anilines is 1. The van der Waals surface area contributed by atoms with Crippen LogP contribution in [0.3, 0.4) is 0 Å². The summed E-state index contributed by atoms with van der Waals surface area (Å²) in [6.45, 7) is -0.298. The number of rotatable bonds is 7. The molecule has 0 saturated heterocycles. The molecule has 1 aromatic heterocycles. The van der Waals surface area contributed by atoms with Crippen molar-refractivity contribution in [3.63, 3.8) is 0 Å². The Morgan fingerprint density at radius 3 is 2.54 bits per heavy atom. The smallest absolute Gasteiger partial charge is 0.308 e. The summed E-state index contributed by atoms with van der Waals surface area (Å²) in [4.78, 5) is 34.7. The number of halogens is 1. The second kappa shape index (κ2) is 8.88. The first-order valence-electron chi connectivity index (χ1n) is 7.07. The molecular weight excluding hydrogens is 380 g/mol. The fourth-order valence-corrected chi connectivity index (χ4v) is 1.99. The number of ether oxygens (including phenoxy) is 1. The van der Waals surface area contributed by atoms with Gasteiger partial charge in [0.2, 0.25) is 0 Å². The van der Waals surface area contributed by atoms with Gasteiger partial charge in [0.15, 0.2) is 12.4 Å². The normalized spacial score (nSPS) is 10.0. The lowest BCUT2D eigenvalue weighted by Gasteiger charge is -2.07. The van der Waals surface area contributed by atoms with Crippen molar-refractivity contribution in [2.24, 2.45) is 0 Å². The molecule has 0 bridgehead atoms. The van der Waals surface area contributed by atoms with E-state index in [-0.39, 0.29) is 25.3 Å². The molecular formula is C16H15BrN2O5. The SMILES string of the molecule is O=C(COC(=O)CCNC(=O)c1ccco1)Nc1ccc(Br)cc1. The average Bonchev–Trinajstić information content (AvgIpc) is 3.10. The average molecular weight is 395 g/mol. The molecule has 0 aliphatic heterocycles. The van der Waals surface area contributed by atoms with Crippen LogP contribution in [0.15, 0.2) is 51.6 Å². The topological polar surface area (TPSA) is 97.6 Å². The van der Waals surface area contributed by atoms with Gasteiger partial charge >= 0.3 is 5.97 Å². The third-order valence-electron chi connectivity index (χ3n) is 2.85. The Kier molecular flexibility index (Phi) is 6.56. The van der Waals surface area contributed by atoms with Crippen molar-refractivity contribution in [3.05, 3.63) is 52.9 Å². The molecule has 0 saturated carbocycles. The fraction of sp³-hybridized carbons (Fsp3) is 0.188. The van der Waals surface area contributed by atoms with Crippen LogP contribution in [-0.2, 0) is 14.3 Å². The van der Waals surface area contributed by atoms with Crippen LogP contribution in [0.25, 0.3) is 0 Å². The van der Waals surface area contributed by atoms with Crippen LogP contribution in [0.2, 0.25) is 0 Å². The van der Waals surface area contributed by atoms with E-state index < -0.39 is 17.8 Å². The van der Waals surface area contributed by atoms with E-state index in [1.165, 1.54) is 12.3 Å². The maximum absolute atomic E-state index is 11.7. The zero-order valence-corrected chi connectivity index (χ0v) is 14.2. The number of esters is 1. The Labute approximate surface area is 146 Å². The van der Waals surface area contributed by atoms with Crippen LogP contribution < -0.4 is 10.6 Å². The Morgan fingerprint density at radius 1 is 1.12 bits per heavy atom. The number of carbonyl (C=O) groups is 3. The molecule has 2 N–H and O–H groups in total. The van der Waals surface area contributed by atoms with Crippen molar-refractivity contribution in [2.75, 3.05) is 18.5 Å². The highest BCUT2D eigenvalue weighted by Crippen LogP contribution is 2.13. The van der Waals surface area contributed by atoms with Crippen LogP contribution in [0.4, 0.5) is 5.69 Å². The van der Waals surface area contributed by atoms with E-state index in [2.05, 4.69) is 26.6 Å². The number of hydrogen-bond donors (Lipinski definition) is 2. The molecule has 24 heavy (non-hydrogen) atoms. The molecule has 0 aliphatic carbocycles. The van der Waals surface area contributed by atoms with Gasteiger partial charge in [-0.05, 0) is 36.4 Å². The van der Waals surface area contributed by atoms with Crippen LogP contribution >= 0.6 is 15.9 Å². The van der Waals surface area contributed by atoms with Gasteiger partial charge in [-0.2, -0.15) is 0 Å². The van der Waals surface area contributed by atoms with E-state index in [9.17, 15) is 14.4 Å². The number of nitrogens with one attached hydrogen (secondary N) is 2. The second-order valence-electron chi connectivity index (χ2n) is 4.70. The standard InChI is InChI=1S/C16H15BrN2O5/c17-11-3-5-12(6-4-11)19-14(20)10-24-15(21)7-8-18-16(22)13-2-1-9-23-13/h1-6,9H,7-8,10H2,(H,18,22)(H,19,20). The van der Waals surface area contributed by atoms with Crippen molar-refractivity contribution in [2.45, 2.75) is 6.42 Å². The first-order chi connectivity index (χ1) is 11.5. The number of furan rings is 1. The number of carbonyl (C=O) groups excluding carboxylic acids is 3. The van der Waals surface area contributed by atoms with E-state index >= 15 is 0 Å². The molecule has 8 heteroatoms. The summed E-state index contributed by atoms with van der Waals surface area (Å²) in [6, 6.07) is 10.1. The summed E-state index contributed by atoms with van der Waals surface area (Å²) < 4.78 is 10.6. The third kappa shape index (κ3) is 5.88. The van der Waals surface area contributed by atoms with Gasteiger partial charge in [-0.25, -0.2) is 0 Å².